The van der Waals surface area contributed by atoms with Crippen molar-refractivity contribution >= 4 is 11.9 Å². The number of anilines is 1. The fraction of sp³-hybridized carbons (Fsp3) is 0.526. The quantitative estimate of drug-likeness (QED) is 0.795. The number of rotatable bonds is 4. The van der Waals surface area contributed by atoms with E-state index < -0.39 is 5.41 Å². The Hall–Kier alpha value is -2.21. The maximum atomic E-state index is 11.8. The van der Waals surface area contributed by atoms with Crippen molar-refractivity contribution in [2.45, 2.75) is 20.8 Å². The van der Waals surface area contributed by atoms with Gasteiger partial charge in [-0.3, -0.25) is 9.69 Å². The van der Waals surface area contributed by atoms with E-state index >= 15 is 0 Å². The summed E-state index contributed by atoms with van der Waals surface area (Å²) in [6, 6.07) is 9.93. The van der Waals surface area contributed by atoms with Crippen molar-refractivity contribution in [2.24, 2.45) is 5.41 Å². The van der Waals surface area contributed by atoms with Crippen molar-refractivity contribution in [3.05, 3.63) is 30.3 Å². The third-order valence-electron chi connectivity index (χ3n) is 4.34. The van der Waals surface area contributed by atoms with Crippen molar-refractivity contribution in [3.8, 4) is 11.4 Å². The first-order chi connectivity index (χ1) is 11.9. The number of nitrogens with zero attached hydrogens (tertiary/aromatic N) is 4. The smallest absolute Gasteiger partial charge is 0.311 e. The minimum Gasteiger partial charge on any atom is -0.464 e. The summed E-state index contributed by atoms with van der Waals surface area (Å²) >= 11 is 0. The van der Waals surface area contributed by atoms with Crippen LogP contribution in [-0.4, -0.2) is 60.2 Å². The molecule has 1 aliphatic carbocycles. The van der Waals surface area contributed by atoms with Crippen molar-refractivity contribution < 1.29 is 9.53 Å². The van der Waals surface area contributed by atoms with E-state index in [0.29, 0.717) is 6.61 Å². The molecule has 0 bridgehead atoms. The highest BCUT2D eigenvalue weighted by atomic mass is 16.5. The predicted molar refractivity (Wildman–Crippen MR) is 97.7 cm³/mol. The Morgan fingerprint density at radius 2 is 1.64 bits per heavy atom. The standard InChI is InChI=1S/C19H26N4O2/c1-19(2,3)17(24)25-14-13-22-9-11-23(12-10-22)18-20-15-7-5-4-6-8-16(15)21-18/h4-8H,9-14H2,1-3H3. The second-order valence-corrected chi connectivity index (χ2v) is 7.42. The van der Waals surface area contributed by atoms with Crippen molar-refractivity contribution in [3.63, 3.8) is 0 Å². The van der Waals surface area contributed by atoms with Gasteiger partial charge in [0.05, 0.1) is 16.8 Å². The molecular weight excluding hydrogens is 316 g/mol. The van der Waals surface area contributed by atoms with Gasteiger partial charge in [-0.2, -0.15) is 0 Å². The van der Waals surface area contributed by atoms with E-state index in [1.54, 1.807) is 0 Å². The molecular formula is C19H26N4O2. The van der Waals surface area contributed by atoms with Gasteiger partial charge in [0.1, 0.15) is 6.61 Å². The molecule has 6 nitrogen and oxygen atoms in total. The number of imidazole rings is 1. The molecule has 0 amide bonds. The molecule has 0 aromatic heterocycles. The molecule has 0 radical (unpaired) electrons. The lowest BCUT2D eigenvalue weighted by atomic mass is 9.97. The first-order valence-corrected chi connectivity index (χ1v) is 8.81. The van der Waals surface area contributed by atoms with Gasteiger partial charge in [-0.1, -0.05) is 18.2 Å². The third kappa shape index (κ3) is 4.45. The van der Waals surface area contributed by atoms with Crippen molar-refractivity contribution in [2.75, 3.05) is 44.2 Å². The van der Waals surface area contributed by atoms with E-state index in [1.807, 2.05) is 51.1 Å². The summed E-state index contributed by atoms with van der Waals surface area (Å²) < 4.78 is 5.35. The van der Waals surface area contributed by atoms with Gasteiger partial charge in [0.25, 0.3) is 0 Å². The molecule has 0 unspecified atom stereocenters. The van der Waals surface area contributed by atoms with Crippen LogP contribution < -0.4 is 4.90 Å². The molecule has 6 heteroatoms. The Morgan fingerprint density at radius 1 is 1.04 bits per heavy atom. The highest BCUT2D eigenvalue weighted by molar-refractivity contribution is 5.75. The molecule has 25 heavy (non-hydrogen) atoms. The van der Waals surface area contributed by atoms with Gasteiger partial charge in [0, 0.05) is 32.7 Å². The monoisotopic (exact) mass is 342 g/mol. The fourth-order valence-corrected chi connectivity index (χ4v) is 2.75. The Kier molecular flexibility index (Phi) is 5.18. The normalized spacial score (nSPS) is 16.2. The summed E-state index contributed by atoms with van der Waals surface area (Å²) in [5, 5.41) is 0. The number of carbonyl (C=O) groups is 1. The molecule has 0 spiro atoms. The van der Waals surface area contributed by atoms with Gasteiger partial charge in [-0.05, 0) is 32.9 Å². The van der Waals surface area contributed by atoms with Gasteiger partial charge < -0.3 is 9.64 Å². The van der Waals surface area contributed by atoms with Crippen LogP contribution in [0.5, 0.6) is 0 Å². The molecule has 0 aromatic rings. The topological polar surface area (TPSA) is 58.6 Å². The Balaban J connectivity index is 1.49. The molecule has 3 aliphatic rings. The Labute approximate surface area is 149 Å². The number of hydrogen-bond donors (Lipinski definition) is 0. The van der Waals surface area contributed by atoms with Crippen LogP contribution in [0, 0.1) is 5.41 Å². The number of fused-ring (bicyclic) bond motifs is 1. The number of piperazine rings is 1. The number of aromatic nitrogens is 2. The van der Waals surface area contributed by atoms with Crippen LogP contribution in [0.4, 0.5) is 5.95 Å². The SMILES string of the molecule is CC(C)(C)C(=O)OCCN1CCN(c2nc3cccccc-3n2)CC1. The van der Waals surface area contributed by atoms with Crippen LogP contribution >= 0.6 is 0 Å². The van der Waals surface area contributed by atoms with Crippen LogP contribution in [0.1, 0.15) is 20.8 Å². The maximum Gasteiger partial charge on any atom is 0.311 e. The lowest BCUT2D eigenvalue weighted by Crippen LogP contribution is -2.47. The molecule has 3 rings (SSSR count). The Bertz CT molecular complexity index is 659. The third-order valence-corrected chi connectivity index (χ3v) is 4.34. The molecule has 0 N–H and O–H groups in total. The average molecular weight is 342 g/mol. The highest BCUT2D eigenvalue weighted by Gasteiger charge is 2.24. The van der Waals surface area contributed by atoms with E-state index in [1.165, 1.54) is 0 Å². The summed E-state index contributed by atoms with van der Waals surface area (Å²) in [4.78, 5) is 25.6. The van der Waals surface area contributed by atoms with E-state index in [0.717, 1.165) is 50.1 Å². The molecule has 0 atom stereocenters. The number of ether oxygens (including phenoxy) is 1. The van der Waals surface area contributed by atoms with Crippen LogP contribution in [-0.2, 0) is 9.53 Å². The lowest BCUT2D eigenvalue weighted by Gasteiger charge is -2.34. The summed E-state index contributed by atoms with van der Waals surface area (Å²) in [5.74, 6) is 0.663. The van der Waals surface area contributed by atoms with Gasteiger partial charge in [-0.15, -0.1) is 0 Å². The van der Waals surface area contributed by atoms with Gasteiger partial charge in [0.2, 0.25) is 5.95 Å². The van der Waals surface area contributed by atoms with Gasteiger partial charge in [-0.25, -0.2) is 9.97 Å². The summed E-state index contributed by atoms with van der Waals surface area (Å²) in [6.45, 7) is 10.5. The van der Waals surface area contributed by atoms with Gasteiger partial charge >= 0.3 is 5.97 Å². The molecule has 1 saturated heterocycles. The predicted octanol–water partition coefficient (Wildman–Crippen LogP) is 2.29. The number of hydrogen-bond acceptors (Lipinski definition) is 6. The zero-order valence-corrected chi connectivity index (χ0v) is 15.2. The molecule has 134 valence electrons. The van der Waals surface area contributed by atoms with Crippen LogP contribution in [0.25, 0.3) is 11.4 Å². The van der Waals surface area contributed by atoms with Crippen LogP contribution in [0.3, 0.4) is 0 Å². The molecule has 2 aliphatic heterocycles. The summed E-state index contributed by atoms with van der Waals surface area (Å²) in [6.07, 6.45) is 0. The molecule has 2 heterocycles. The second-order valence-electron chi connectivity index (χ2n) is 7.42. The largest absolute Gasteiger partial charge is 0.464 e. The van der Waals surface area contributed by atoms with Crippen molar-refractivity contribution in [1.82, 2.24) is 14.9 Å². The summed E-state index contributed by atoms with van der Waals surface area (Å²) in [7, 11) is 0. The first kappa shape index (κ1) is 17.6. The van der Waals surface area contributed by atoms with Crippen molar-refractivity contribution in [1.29, 1.82) is 0 Å². The minimum absolute atomic E-state index is 0.142. The zero-order valence-electron chi connectivity index (χ0n) is 15.2. The summed E-state index contributed by atoms with van der Waals surface area (Å²) in [5.41, 5.74) is 1.42. The van der Waals surface area contributed by atoms with E-state index in [2.05, 4.69) is 19.8 Å². The van der Waals surface area contributed by atoms with Gasteiger partial charge in [0.15, 0.2) is 0 Å². The zero-order chi connectivity index (χ0) is 17.9. The lowest BCUT2D eigenvalue weighted by molar-refractivity contribution is -0.153. The highest BCUT2D eigenvalue weighted by Crippen LogP contribution is 2.22. The van der Waals surface area contributed by atoms with E-state index in [9.17, 15) is 4.79 Å². The number of esters is 1. The number of carbonyl (C=O) groups excluding carboxylic acids is 1. The molecule has 1 fully saturated rings. The average Bonchev–Trinajstić information content (AvgIpc) is 2.85. The van der Waals surface area contributed by atoms with Crippen LogP contribution in [0.2, 0.25) is 0 Å². The van der Waals surface area contributed by atoms with Crippen LogP contribution in [0.15, 0.2) is 30.3 Å². The first-order valence-electron chi connectivity index (χ1n) is 8.81. The second kappa shape index (κ2) is 7.35. The maximum absolute atomic E-state index is 11.8. The Morgan fingerprint density at radius 3 is 2.20 bits per heavy atom. The van der Waals surface area contributed by atoms with E-state index in [-0.39, 0.29) is 5.97 Å². The van der Waals surface area contributed by atoms with E-state index in [4.69, 9.17) is 4.74 Å². The fourth-order valence-electron chi connectivity index (χ4n) is 2.75. The minimum atomic E-state index is -0.438. The molecule has 0 saturated carbocycles. The molecule has 0 aromatic carbocycles.